The van der Waals surface area contributed by atoms with Crippen LogP contribution in [0.4, 0.5) is 0 Å². The second kappa shape index (κ2) is 10.4. The molecule has 2 unspecified atom stereocenters. The van der Waals surface area contributed by atoms with Gasteiger partial charge >= 0.3 is 0 Å². The topological polar surface area (TPSA) is 47.9 Å². The smallest absolute Gasteiger partial charge is 0.194 e. The highest BCUT2D eigenvalue weighted by atomic mass is 127. The SMILES string of the molecule is CCNC(=NCC(O)c1ccc(Cl)cc1)N1CCCC(C)C1.I. The number of nitrogens with one attached hydrogen (secondary N) is 1. The van der Waals surface area contributed by atoms with E-state index in [1.54, 1.807) is 12.1 Å². The van der Waals surface area contributed by atoms with Crippen molar-refractivity contribution in [2.24, 2.45) is 10.9 Å². The quantitative estimate of drug-likeness (QED) is 0.417. The Balaban J connectivity index is 0.00000264. The Morgan fingerprint density at radius 2 is 2.13 bits per heavy atom. The van der Waals surface area contributed by atoms with Gasteiger partial charge < -0.3 is 15.3 Å². The maximum absolute atomic E-state index is 10.3. The number of hydrogen-bond donors (Lipinski definition) is 2. The third kappa shape index (κ3) is 6.47. The highest BCUT2D eigenvalue weighted by Gasteiger charge is 2.19. The molecule has 1 aliphatic rings. The fraction of sp³-hybridized carbons (Fsp3) is 0.588. The fourth-order valence-corrected chi connectivity index (χ4v) is 2.90. The summed E-state index contributed by atoms with van der Waals surface area (Å²) < 4.78 is 0. The molecular weight excluding hydrogens is 425 g/mol. The van der Waals surface area contributed by atoms with E-state index >= 15 is 0 Å². The van der Waals surface area contributed by atoms with Crippen LogP contribution in [0.25, 0.3) is 0 Å². The zero-order valence-corrected chi connectivity index (χ0v) is 16.9. The molecule has 130 valence electrons. The predicted molar refractivity (Wildman–Crippen MR) is 108 cm³/mol. The van der Waals surface area contributed by atoms with Crippen LogP contribution in [-0.4, -0.2) is 42.1 Å². The molecule has 23 heavy (non-hydrogen) atoms. The predicted octanol–water partition coefficient (Wildman–Crippen LogP) is 3.69. The summed E-state index contributed by atoms with van der Waals surface area (Å²) in [6.07, 6.45) is 1.88. The van der Waals surface area contributed by atoms with Crippen LogP contribution in [0.5, 0.6) is 0 Å². The Labute approximate surface area is 161 Å². The normalized spacial score (nSPS) is 19.9. The Bertz CT molecular complexity index is 495. The summed E-state index contributed by atoms with van der Waals surface area (Å²) in [4.78, 5) is 6.92. The minimum absolute atomic E-state index is 0. The molecule has 0 amide bonds. The fourth-order valence-electron chi connectivity index (χ4n) is 2.77. The van der Waals surface area contributed by atoms with Crippen LogP contribution >= 0.6 is 35.6 Å². The molecule has 2 atom stereocenters. The summed E-state index contributed by atoms with van der Waals surface area (Å²) in [5, 5.41) is 14.3. The van der Waals surface area contributed by atoms with Gasteiger partial charge in [-0.25, -0.2) is 0 Å². The lowest BCUT2D eigenvalue weighted by atomic mass is 10.0. The monoisotopic (exact) mass is 451 g/mol. The number of aliphatic hydroxyl groups excluding tert-OH is 1. The van der Waals surface area contributed by atoms with Gasteiger partial charge in [-0.1, -0.05) is 30.7 Å². The molecule has 0 radical (unpaired) electrons. The molecule has 1 heterocycles. The van der Waals surface area contributed by atoms with E-state index in [4.69, 9.17) is 11.6 Å². The maximum atomic E-state index is 10.3. The van der Waals surface area contributed by atoms with E-state index in [2.05, 4.69) is 29.1 Å². The second-order valence-corrected chi connectivity index (χ2v) is 6.39. The van der Waals surface area contributed by atoms with E-state index in [0.29, 0.717) is 17.5 Å². The number of guanidine groups is 1. The van der Waals surface area contributed by atoms with E-state index in [1.165, 1.54) is 12.8 Å². The van der Waals surface area contributed by atoms with Gasteiger partial charge in [-0.2, -0.15) is 0 Å². The van der Waals surface area contributed by atoms with Crippen molar-refractivity contribution in [1.29, 1.82) is 0 Å². The van der Waals surface area contributed by atoms with Crippen molar-refractivity contribution in [3.05, 3.63) is 34.9 Å². The van der Waals surface area contributed by atoms with Crippen molar-refractivity contribution in [2.75, 3.05) is 26.2 Å². The Kier molecular flexibility index (Phi) is 9.24. The lowest BCUT2D eigenvalue weighted by Crippen LogP contribution is -2.46. The highest BCUT2D eigenvalue weighted by molar-refractivity contribution is 14.0. The zero-order valence-electron chi connectivity index (χ0n) is 13.8. The van der Waals surface area contributed by atoms with Crippen molar-refractivity contribution in [3.8, 4) is 0 Å². The summed E-state index contributed by atoms with van der Waals surface area (Å²) in [6.45, 7) is 7.60. The zero-order chi connectivity index (χ0) is 15.9. The first kappa shape index (κ1) is 20.5. The van der Waals surface area contributed by atoms with Crippen molar-refractivity contribution < 1.29 is 5.11 Å². The Morgan fingerprint density at radius 1 is 1.43 bits per heavy atom. The van der Waals surface area contributed by atoms with Crippen molar-refractivity contribution in [1.82, 2.24) is 10.2 Å². The number of aliphatic hydroxyl groups is 1. The third-order valence-corrected chi connectivity index (χ3v) is 4.21. The molecule has 0 saturated carbocycles. The van der Waals surface area contributed by atoms with Crippen molar-refractivity contribution in [2.45, 2.75) is 32.8 Å². The van der Waals surface area contributed by atoms with Gasteiger partial charge in [0.15, 0.2) is 5.96 Å². The molecule has 0 bridgehead atoms. The van der Waals surface area contributed by atoms with Crippen LogP contribution in [0.3, 0.4) is 0 Å². The van der Waals surface area contributed by atoms with Crippen molar-refractivity contribution in [3.63, 3.8) is 0 Å². The molecule has 0 spiro atoms. The lowest BCUT2D eigenvalue weighted by molar-refractivity contribution is 0.186. The number of benzene rings is 1. The second-order valence-electron chi connectivity index (χ2n) is 5.96. The molecular formula is C17H27ClIN3O. The largest absolute Gasteiger partial charge is 0.386 e. The summed E-state index contributed by atoms with van der Waals surface area (Å²) in [6, 6.07) is 7.28. The number of hydrogen-bond acceptors (Lipinski definition) is 2. The lowest BCUT2D eigenvalue weighted by Gasteiger charge is -2.33. The first-order valence-corrected chi connectivity index (χ1v) is 8.44. The van der Waals surface area contributed by atoms with E-state index in [-0.39, 0.29) is 24.0 Å². The van der Waals surface area contributed by atoms with Gasteiger partial charge in [-0.05, 0) is 43.4 Å². The van der Waals surface area contributed by atoms with Gasteiger partial charge in [0.2, 0.25) is 0 Å². The van der Waals surface area contributed by atoms with E-state index in [1.807, 2.05) is 12.1 Å². The molecule has 4 nitrogen and oxygen atoms in total. The molecule has 1 aliphatic heterocycles. The number of aliphatic imine (C=N–C) groups is 1. The van der Waals surface area contributed by atoms with Gasteiger partial charge in [-0.3, -0.25) is 4.99 Å². The minimum Gasteiger partial charge on any atom is -0.386 e. The van der Waals surface area contributed by atoms with Gasteiger partial charge in [0, 0.05) is 24.7 Å². The van der Waals surface area contributed by atoms with E-state index in [9.17, 15) is 5.11 Å². The molecule has 0 aliphatic carbocycles. The van der Waals surface area contributed by atoms with Crippen LogP contribution in [0, 0.1) is 5.92 Å². The summed E-state index contributed by atoms with van der Waals surface area (Å²) in [5.74, 6) is 1.60. The minimum atomic E-state index is -0.604. The molecule has 6 heteroatoms. The van der Waals surface area contributed by atoms with Crippen molar-refractivity contribution >= 4 is 41.5 Å². The summed E-state index contributed by atoms with van der Waals surface area (Å²) in [7, 11) is 0. The standard InChI is InChI=1S/C17H26ClN3O.HI/c1-3-19-17(21-10-4-5-13(2)12-21)20-11-16(22)14-6-8-15(18)9-7-14;/h6-9,13,16,22H,3-5,10-12H2,1-2H3,(H,19,20);1H. The summed E-state index contributed by atoms with van der Waals surface area (Å²) in [5.41, 5.74) is 0.844. The molecule has 0 aromatic heterocycles. The number of piperidine rings is 1. The van der Waals surface area contributed by atoms with Gasteiger partial charge in [0.25, 0.3) is 0 Å². The number of rotatable bonds is 4. The van der Waals surface area contributed by atoms with Crippen LogP contribution in [0.1, 0.15) is 38.4 Å². The number of nitrogens with zero attached hydrogens (tertiary/aromatic N) is 2. The molecule has 1 aromatic rings. The molecule has 1 saturated heterocycles. The molecule has 1 fully saturated rings. The molecule has 1 aromatic carbocycles. The molecule has 2 N–H and O–H groups in total. The van der Waals surface area contributed by atoms with Crippen LogP contribution in [-0.2, 0) is 0 Å². The first-order valence-electron chi connectivity index (χ1n) is 8.07. The first-order chi connectivity index (χ1) is 10.6. The number of halogens is 2. The van der Waals surface area contributed by atoms with Gasteiger partial charge in [-0.15, -0.1) is 24.0 Å². The average molecular weight is 452 g/mol. The van der Waals surface area contributed by atoms with Crippen LogP contribution in [0.2, 0.25) is 5.02 Å². The van der Waals surface area contributed by atoms with Crippen LogP contribution < -0.4 is 5.32 Å². The average Bonchev–Trinajstić information content (AvgIpc) is 2.52. The van der Waals surface area contributed by atoms with Gasteiger partial charge in [0.1, 0.15) is 0 Å². The summed E-state index contributed by atoms with van der Waals surface area (Å²) >= 11 is 5.87. The molecule has 2 rings (SSSR count). The number of likely N-dealkylation sites (tertiary alicyclic amines) is 1. The Hall–Kier alpha value is -0.530. The Morgan fingerprint density at radius 3 is 2.74 bits per heavy atom. The maximum Gasteiger partial charge on any atom is 0.194 e. The van der Waals surface area contributed by atoms with E-state index in [0.717, 1.165) is 31.2 Å². The van der Waals surface area contributed by atoms with E-state index < -0.39 is 6.10 Å². The van der Waals surface area contributed by atoms with Crippen LogP contribution in [0.15, 0.2) is 29.3 Å². The van der Waals surface area contributed by atoms with Gasteiger partial charge in [0.05, 0.1) is 12.6 Å². The highest BCUT2D eigenvalue weighted by Crippen LogP contribution is 2.18. The third-order valence-electron chi connectivity index (χ3n) is 3.96.